The van der Waals surface area contributed by atoms with E-state index in [1.54, 1.807) is 4.90 Å². The van der Waals surface area contributed by atoms with Crippen molar-refractivity contribution in [2.24, 2.45) is 5.92 Å². The van der Waals surface area contributed by atoms with Crippen molar-refractivity contribution >= 4 is 23.3 Å². The number of β-amino-alcohol motifs (C(OH)–C–C–N with tert-alkyl or cyclic N) is 1. The van der Waals surface area contributed by atoms with Gasteiger partial charge in [-0.05, 0) is 30.9 Å². The number of hydrogen-bond acceptors (Lipinski definition) is 4. The highest BCUT2D eigenvalue weighted by atomic mass is 16.3. The average Bonchev–Trinajstić information content (AvgIpc) is 2.68. The number of urea groups is 1. The number of fused-ring (bicyclic) bond motifs is 1. The minimum absolute atomic E-state index is 0.0514. The van der Waals surface area contributed by atoms with Crippen molar-refractivity contribution in [2.45, 2.75) is 45.2 Å². The smallest absolute Gasteiger partial charge is 0.322 e. The summed E-state index contributed by atoms with van der Waals surface area (Å²) in [4.78, 5) is 29.8. The highest BCUT2D eigenvalue weighted by molar-refractivity contribution is 6.11. The van der Waals surface area contributed by atoms with Crippen LogP contribution >= 0.6 is 0 Å². The third-order valence-electron chi connectivity index (χ3n) is 5.70. The number of piperidine rings is 1. The maximum Gasteiger partial charge on any atom is 0.322 e. The SMILES string of the molecule is CCC(C)C1C(=O)Nc2ccccc2N1C(=O)NC1CCN(CCO)CC1. The van der Waals surface area contributed by atoms with Crippen LogP contribution in [0.5, 0.6) is 0 Å². The molecule has 2 atom stereocenters. The van der Waals surface area contributed by atoms with Crippen LogP contribution in [0.2, 0.25) is 0 Å². The summed E-state index contributed by atoms with van der Waals surface area (Å²) in [5.74, 6) is -0.0773. The molecule has 3 rings (SSSR count). The van der Waals surface area contributed by atoms with E-state index in [1.165, 1.54) is 0 Å². The van der Waals surface area contributed by atoms with Gasteiger partial charge in [-0.25, -0.2) is 4.79 Å². The van der Waals surface area contributed by atoms with Gasteiger partial charge in [0.1, 0.15) is 6.04 Å². The zero-order valence-corrected chi connectivity index (χ0v) is 16.1. The number of para-hydroxylation sites is 2. The minimum Gasteiger partial charge on any atom is -0.395 e. The van der Waals surface area contributed by atoms with Gasteiger partial charge in [-0.3, -0.25) is 9.69 Å². The summed E-state index contributed by atoms with van der Waals surface area (Å²) in [5.41, 5.74) is 1.42. The number of hydrogen-bond donors (Lipinski definition) is 3. The van der Waals surface area contributed by atoms with E-state index in [0.29, 0.717) is 12.2 Å². The molecule has 7 heteroatoms. The number of likely N-dealkylation sites (tertiary alicyclic amines) is 1. The maximum atomic E-state index is 13.2. The van der Waals surface area contributed by atoms with E-state index in [0.717, 1.165) is 38.0 Å². The van der Waals surface area contributed by atoms with Crippen LogP contribution in [0, 0.1) is 5.92 Å². The number of amides is 3. The lowest BCUT2D eigenvalue weighted by Gasteiger charge is -2.40. The normalized spacial score (nSPS) is 22.1. The number of aliphatic hydroxyl groups is 1. The van der Waals surface area contributed by atoms with Gasteiger partial charge in [0.25, 0.3) is 0 Å². The van der Waals surface area contributed by atoms with Crippen molar-refractivity contribution < 1.29 is 14.7 Å². The number of benzene rings is 1. The van der Waals surface area contributed by atoms with Gasteiger partial charge in [0.05, 0.1) is 18.0 Å². The molecule has 0 aromatic heterocycles. The van der Waals surface area contributed by atoms with Crippen molar-refractivity contribution in [3.63, 3.8) is 0 Å². The first-order valence-electron chi connectivity index (χ1n) is 9.88. The van der Waals surface area contributed by atoms with E-state index < -0.39 is 6.04 Å². The Morgan fingerprint density at radius 2 is 2.04 bits per heavy atom. The van der Waals surface area contributed by atoms with Gasteiger partial charge in [0, 0.05) is 25.7 Å². The highest BCUT2D eigenvalue weighted by Gasteiger charge is 2.40. The molecule has 1 fully saturated rings. The van der Waals surface area contributed by atoms with E-state index in [1.807, 2.05) is 38.1 Å². The molecule has 1 aromatic rings. The van der Waals surface area contributed by atoms with Crippen LogP contribution in [0.15, 0.2) is 24.3 Å². The quantitative estimate of drug-likeness (QED) is 0.736. The van der Waals surface area contributed by atoms with Crippen molar-refractivity contribution in [3.05, 3.63) is 24.3 Å². The summed E-state index contributed by atoms with van der Waals surface area (Å²) in [6, 6.07) is 6.82. The number of carbonyl (C=O) groups excluding carboxylic acids is 2. The Bertz CT molecular complexity index is 673. The summed E-state index contributed by atoms with van der Waals surface area (Å²) in [6.07, 6.45) is 2.51. The first-order valence-corrected chi connectivity index (χ1v) is 9.88. The third-order valence-corrected chi connectivity index (χ3v) is 5.70. The number of rotatable bonds is 5. The molecule has 27 heavy (non-hydrogen) atoms. The lowest BCUT2D eigenvalue weighted by atomic mass is 9.94. The lowest BCUT2D eigenvalue weighted by Crippen LogP contribution is -2.59. The van der Waals surface area contributed by atoms with Gasteiger partial charge in [0.2, 0.25) is 5.91 Å². The molecule has 2 unspecified atom stereocenters. The Morgan fingerprint density at radius 3 is 2.70 bits per heavy atom. The topological polar surface area (TPSA) is 84.9 Å². The number of nitrogens with zero attached hydrogens (tertiary/aromatic N) is 2. The molecule has 3 N–H and O–H groups in total. The summed E-state index contributed by atoms with van der Waals surface area (Å²) in [7, 11) is 0. The second kappa shape index (κ2) is 8.71. The molecule has 148 valence electrons. The number of anilines is 2. The summed E-state index contributed by atoms with van der Waals surface area (Å²) in [5, 5.41) is 15.1. The molecule has 0 radical (unpaired) electrons. The van der Waals surface area contributed by atoms with Crippen molar-refractivity contribution in [1.29, 1.82) is 0 Å². The zero-order valence-electron chi connectivity index (χ0n) is 16.1. The van der Waals surface area contributed by atoms with Crippen LogP contribution in [0.25, 0.3) is 0 Å². The van der Waals surface area contributed by atoms with Crippen LogP contribution < -0.4 is 15.5 Å². The van der Waals surface area contributed by atoms with Crippen LogP contribution in [-0.4, -0.2) is 60.3 Å². The Kier molecular flexibility index (Phi) is 6.34. The summed E-state index contributed by atoms with van der Waals surface area (Å²) < 4.78 is 0. The molecule has 1 aromatic carbocycles. The summed E-state index contributed by atoms with van der Waals surface area (Å²) >= 11 is 0. The molecule has 0 saturated carbocycles. The number of nitrogens with one attached hydrogen (secondary N) is 2. The van der Waals surface area contributed by atoms with Crippen LogP contribution in [0.1, 0.15) is 33.1 Å². The molecule has 0 aliphatic carbocycles. The Hall–Kier alpha value is -2.12. The fraction of sp³-hybridized carbons (Fsp3) is 0.600. The highest BCUT2D eigenvalue weighted by Crippen LogP contribution is 2.35. The fourth-order valence-corrected chi connectivity index (χ4v) is 3.92. The Labute approximate surface area is 160 Å². The summed E-state index contributed by atoms with van der Waals surface area (Å²) in [6.45, 7) is 6.59. The van der Waals surface area contributed by atoms with Crippen LogP contribution in [-0.2, 0) is 4.79 Å². The second-order valence-corrected chi connectivity index (χ2v) is 7.50. The molecule has 7 nitrogen and oxygen atoms in total. The van der Waals surface area contributed by atoms with Gasteiger partial charge in [-0.15, -0.1) is 0 Å². The minimum atomic E-state index is -0.514. The number of aliphatic hydroxyl groups excluding tert-OH is 1. The Balaban J connectivity index is 1.77. The van der Waals surface area contributed by atoms with E-state index in [-0.39, 0.29) is 30.5 Å². The molecular weight excluding hydrogens is 344 g/mol. The molecule has 0 bridgehead atoms. The van der Waals surface area contributed by atoms with E-state index in [9.17, 15) is 9.59 Å². The monoisotopic (exact) mass is 374 g/mol. The predicted octanol–water partition coefficient (Wildman–Crippen LogP) is 2.03. The van der Waals surface area contributed by atoms with Crippen molar-refractivity contribution in [3.8, 4) is 0 Å². The zero-order chi connectivity index (χ0) is 19.4. The molecule has 0 spiro atoms. The number of carbonyl (C=O) groups is 2. The Morgan fingerprint density at radius 1 is 1.33 bits per heavy atom. The fourth-order valence-electron chi connectivity index (χ4n) is 3.92. The third kappa shape index (κ3) is 4.25. The van der Waals surface area contributed by atoms with Gasteiger partial charge in [-0.1, -0.05) is 32.4 Å². The van der Waals surface area contributed by atoms with Gasteiger partial charge in [-0.2, -0.15) is 0 Å². The lowest BCUT2D eigenvalue weighted by molar-refractivity contribution is -0.118. The van der Waals surface area contributed by atoms with Gasteiger partial charge in [0.15, 0.2) is 0 Å². The van der Waals surface area contributed by atoms with E-state index in [2.05, 4.69) is 15.5 Å². The van der Waals surface area contributed by atoms with E-state index in [4.69, 9.17) is 5.11 Å². The van der Waals surface area contributed by atoms with Gasteiger partial charge >= 0.3 is 6.03 Å². The first-order chi connectivity index (χ1) is 13.0. The molecule has 1 saturated heterocycles. The first kappa shape index (κ1) is 19.6. The van der Waals surface area contributed by atoms with Crippen LogP contribution in [0.3, 0.4) is 0 Å². The van der Waals surface area contributed by atoms with Crippen LogP contribution in [0.4, 0.5) is 16.2 Å². The predicted molar refractivity (Wildman–Crippen MR) is 106 cm³/mol. The van der Waals surface area contributed by atoms with E-state index >= 15 is 0 Å². The average molecular weight is 374 g/mol. The maximum absolute atomic E-state index is 13.2. The largest absolute Gasteiger partial charge is 0.395 e. The van der Waals surface area contributed by atoms with Gasteiger partial charge < -0.3 is 20.6 Å². The molecule has 3 amide bonds. The molecule has 2 heterocycles. The van der Waals surface area contributed by atoms with Crippen molar-refractivity contribution in [1.82, 2.24) is 10.2 Å². The molecule has 2 aliphatic heterocycles. The molecular formula is C20H30N4O3. The van der Waals surface area contributed by atoms with Crippen molar-refractivity contribution in [2.75, 3.05) is 36.5 Å². The second-order valence-electron chi connectivity index (χ2n) is 7.50. The molecule has 2 aliphatic rings. The standard InChI is InChI=1S/C20H30N4O3/c1-3-14(2)18-19(26)22-16-6-4-5-7-17(16)24(18)20(27)21-15-8-10-23(11-9-15)12-13-25/h4-7,14-15,18,25H,3,8-13H2,1-2H3,(H,21,27)(H,22,26).